The Morgan fingerprint density at radius 2 is 2.26 bits per heavy atom. The SMILES string of the molecule is CCOc1cccc2c1[nH]c(=S)n2-c1cnn(C)c1. The Hall–Kier alpha value is -2.08. The van der Waals surface area contributed by atoms with Gasteiger partial charge in [-0.15, -0.1) is 0 Å². The number of aromatic amines is 1. The van der Waals surface area contributed by atoms with Crippen molar-refractivity contribution >= 4 is 23.3 Å². The van der Waals surface area contributed by atoms with Gasteiger partial charge in [-0.1, -0.05) is 6.07 Å². The van der Waals surface area contributed by atoms with Crippen molar-refractivity contribution in [3.8, 4) is 11.4 Å². The summed E-state index contributed by atoms with van der Waals surface area (Å²) in [5.74, 6) is 0.814. The van der Waals surface area contributed by atoms with Crippen molar-refractivity contribution in [2.45, 2.75) is 6.92 Å². The van der Waals surface area contributed by atoms with E-state index >= 15 is 0 Å². The third-order valence-corrected chi connectivity index (χ3v) is 3.21. The van der Waals surface area contributed by atoms with E-state index in [4.69, 9.17) is 17.0 Å². The lowest BCUT2D eigenvalue weighted by Gasteiger charge is -2.04. The quantitative estimate of drug-likeness (QED) is 0.747. The third-order valence-electron chi connectivity index (χ3n) is 2.93. The highest BCUT2D eigenvalue weighted by Crippen LogP contribution is 2.27. The predicted molar refractivity (Wildman–Crippen MR) is 76.4 cm³/mol. The number of ether oxygens (including phenoxy) is 1. The number of nitrogens with zero attached hydrogens (tertiary/aromatic N) is 3. The molecule has 19 heavy (non-hydrogen) atoms. The van der Waals surface area contributed by atoms with Gasteiger partial charge in [0.2, 0.25) is 0 Å². The van der Waals surface area contributed by atoms with Gasteiger partial charge in [-0.25, -0.2) is 0 Å². The molecule has 2 heterocycles. The summed E-state index contributed by atoms with van der Waals surface area (Å²) >= 11 is 5.40. The van der Waals surface area contributed by atoms with Crippen LogP contribution in [0.2, 0.25) is 0 Å². The molecule has 0 atom stereocenters. The average Bonchev–Trinajstić information content (AvgIpc) is 2.93. The number of para-hydroxylation sites is 1. The Morgan fingerprint density at radius 1 is 1.42 bits per heavy atom. The number of imidazole rings is 1. The van der Waals surface area contributed by atoms with Crippen molar-refractivity contribution in [2.24, 2.45) is 7.05 Å². The minimum absolute atomic E-state index is 0.623. The van der Waals surface area contributed by atoms with Crippen LogP contribution in [0.1, 0.15) is 6.92 Å². The van der Waals surface area contributed by atoms with Crippen LogP contribution in [0.25, 0.3) is 16.7 Å². The van der Waals surface area contributed by atoms with Crippen LogP contribution < -0.4 is 4.74 Å². The van der Waals surface area contributed by atoms with E-state index in [-0.39, 0.29) is 0 Å². The Bertz CT molecular complexity index is 783. The standard InChI is InChI=1S/C13H14N4OS/c1-3-18-11-6-4-5-10-12(11)15-13(19)17(10)9-7-14-16(2)8-9/h4-8H,3H2,1-2H3,(H,15,19). The molecule has 0 unspecified atom stereocenters. The summed E-state index contributed by atoms with van der Waals surface area (Å²) in [6.07, 6.45) is 3.72. The second-order valence-electron chi connectivity index (χ2n) is 4.22. The second kappa shape index (κ2) is 4.55. The topological polar surface area (TPSA) is 47.8 Å². The lowest BCUT2D eigenvalue weighted by molar-refractivity contribution is 0.343. The molecule has 0 saturated carbocycles. The van der Waals surface area contributed by atoms with Crippen LogP contribution in [0, 0.1) is 4.77 Å². The van der Waals surface area contributed by atoms with Gasteiger partial charge in [0.25, 0.3) is 0 Å². The van der Waals surface area contributed by atoms with Crippen LogP contribution >= 0.6 is 12.2 Å². The fourth-order valence-electron chi connectivity index (χ4n) is 2.16. The molecule has 1 aromatic carbocycles. The molecule has 0 aliphatic carbocycles. The Labute approximate surface area is 115 Å². The number of rotatable bonds is 3. The average molecular weight is 274 g/mol. The normalized spacial score (nSPS) is 11.1. The van der Waals surface area contributed by atoms with E-state index in [1.807, 2.05) is 42.9 Å². The van der Waals surface area contributed by atoms with Gasteiger partial charge in [0.1, 0.15) is 11.3 Å². The van der Waals surface area contributed by atoms with E-state index in [2.05, 4.69) is 10.1 Å². The molecule has 98 valence electrons. The summed E-state index contributed by atoms with van der Waals surface area (Å²) in [7, 11) is 1.88. The van der Waals surface area contributed by atoms with Crippen LogP contribution in [0.4, 0.5) is 0 Å². The molecule has 0 amide bonds. The van der Waals surface area contributed by atoms with Gasteiger partial charge in [0, 0.05) is 13.2 Å². The van der Waals surface area contributed by atoms with Gasteiger partial charge in [-0.3, -0.25) is 9.25 Å². The molecule has 2 aromatic heterocycles. The van der Waals surface area contributed by atoms with Gasteiger partial charge in [0.15, 0.2) is 4.77 Å². The maximum Gasteiger partial charge on any atom is 0.182 e. The van der Waals surface area contributed by atoms with Crippen molar-refractivity contribution < 1.29 is 4.74 Å². The van der Waals surface area contributed by atoms with E-state index in [9.17, 15) is 0 Å². The molecule has 0 aliphatic heterocycles. The maximum absolute atomic E-state index is 5.62. The van der Waals surface area contributed by atoms with Gasteiger partial charge >= 0.3 is 0 Å². The number of hydrogen-bond donors (Lipinski definition) is 1. The molecule has 6 heteroatoms. The van der Waals surface area contributed by atoms with E-state index < -0.39 is 0 Å². The molecule has 0 saturated heterocycles. The minimum atomic E-state index is 0.623. The minimum Gasteiger partial charge on any atom is -0.492 e. The smallest absolute Gasteiger partial charge is 0.182 e. The highest BCUT2D eigenvalue weighted by atomic mass is 32.1. The maximum atomic E-state index is 5.62. The Kier molecular flexibility index (Phi) is 2.87. The zero-order valence-electron chi connectivity index (χ0n) is 10.8. The second-order valence-corrected chi connectivity index (χ2v) is 4.61. The summed E-state index contributed by atoms with van der Waals surface area (Å²) in [4.78, 5) is 3.20. The molecular weight excluding hydrogens is 260 g/mol. The number of hydrogen-bond acceptors (Lipinski definition) is 3. The number of aromatic nitrogens is 4. The highest BCUT2D eigenvalue weighted by molar-refractivity contribution is 7.71. The number of aryl methyl sites for hydroxylation is 1. The van der Waals surface area contributed by atoms with Crippen molar-refractivity contribution in [1.29, 1.82) is 0 Å². The lowest BCUT2D eigenvalue weighted by atomic mass is 10.3. The number of H-pyrrole nitrogens is 1. The molecule has 0 radical (unpaired) electrons. The zero-order valence-corrected chi connectivity index (χ0v) is 11.6. The highest BCUT2D eigenvalue weighted by Gasteiger charge is 2.11. The van der Waals surface area contributed by atoms with E-state index in [1.165, 1.54) is 0 Å². The number of nitrogens with one attached hydrogen (secondary N) is 1. The van der Waals surface area contributed by atoms with Crippen LogP contribution in [-0.2, 0) is 7.05 Å². The van der Waals surface area contributed by atoms with Gasteiger partial charge in [0.05, 0.1) is 24.0 Å². The Morgan fingerprint density at radius 3 is 2.95 bits per heavy atom. The van der Waals surface area contributed by atoms with Crippen molar-refractivity contribution in [3.05, 3.63) is 35.4 Å². The molecule has 0 aliphatic rings. The van der Waals surface area contributed by atoms with Crippen molar-refractivity contribution in [1.82, 2.24) is 19.3 Å². The summed E-state index contributed by atoms with van der Waals surface area (Å²) in [5.41, 5.74) is 2.84. The van der Waals surface area contributed by atoms with Crippen molar-refractivity contribution in [2.75, 3.05) is 6.61 Å². The first kappa shape index (κ1) is 12.0. The van der Waals surface area contributed by atoms with E-state index in [0.717, 1.165) is 22.5 Å². The zero-order chi connectivity index (χ0) is 13.4. The molecular formula is C13H14N4OS. The third kappa shape index (κ3) is 1.94. The molecule has 3 rings (SSSR count). The summed E-state index contributed by atoms with van der Waals surface area (Å²) < 4.78 is 9.96. The van der Waals surface area contributed by atoms with Gasteiger partial charge < -0.3 is 9.72 Å². The van der Waals surface area contributed by atoms with E-state index in [0.29, 0.717) is 11.4 Å². The fourth-order valence-corrected chi connectivity index (χ4v) is 2.47. The first-order valence-electron chi connectivity index (χ1n) is 6.06. The first-order valence-corrected chi connectivity index (χ1v) is 6.47. The molecule has 1 N–H and O–H groups in total. The van der Waals surface area contributed by atoms with Crippen LogP contribution in [0.5, 0.6) is 5.75 Å². The first-order chi connectivity index (χ1) is 9.20. The Balaban J connectivity index is 2.29. The number of benzene rings is 1. The van der Waals surface area contributed by atoms with E-state index in [1.54, 1.807) is 10.9 Å². The number of fused-ring (bicyclic) bond motifs is 1. The summed E-state index contributed by atoms with van der Waals surface area (Å²) in [6, 6.07) is 5.91. The monoisotopic (exact) mass is 274 g/mol. The van der Waals surface area contributed by atoms with Crippen molar-refractivity contribution in [3.63, 3.8) is 0 Å². The van der Waals surface area contributed by atoms with Crippen LogP contribution in [0.15, 0.2) is 30.6 Å². The fraction of sp³-hybridized carbons (Fsp3) is 0.231. The van der Waals surface area contributed by atoms with Gasteiger partial charge in [-0.05, 0) is 31.3 Å². The van der Waals surface area contributed by atoms with Crippen LogP contribution in [-0.4, -0.2) is 25.9 Å². The van der Waals surface area contributed by atoms with Crippen LogP contribution in [0.3, 0.4) is 0 Å². The molecule has 0 bridgehead atoms. The largest absolute Gasteiger partial charge is 0.492 e. The summed E-state index contributed by atoms with van der Waals surface area (Å²) in [6.45, 7) is 2.59. The van der Waals surface area contributed by atoms with Gasteiger partial charge in [-0.2, -0.15) is 5.10 Å². The molecule has 5 nitrogen and oxygen atoms in total. The molecule has 3 aromatic rings. The molecule has 0 spiro atoms. The predicted octanol–water partition coefficient (Wildman–Crippen LogP) is 2.82. The lowest BCUT2D eigenvalue weighted by Crippen LogP contribution is -1.94. The summed E-state index contributed by atoms with van der Waals surface area (Å²) in [5, 5.41) is 4.18. The molecule has 0 fully saturated rings.